The van der Waals surface area contributed by atoms with Crippen LogP contribution in [0.15, 0.2) is 11.4 Å². The number of hydrogen-bond acceptors (Lipinski definition) is 4. The van der Waals surface area contributed by atoms with Crippen LogP contribution >= 0.6 is 11.3 Å². The fourth-order valence-electron chi connectivity index (χ4n) is 1.42. The number of thiophene rings is 1. The Morgan fingerprint density at radius 1 is 1.39 bits per heavy atom. The number of carbonyl (C=O) groups is 2. The number of ether oxygens (including phenoxy) is 1. The lowest BCUT2D eigenvalue weighted by Gasteiger charge is -2.21. The van der Waals surface area contributed by atoms with Crippen molar-refractivity contribution in [3.63, 3.8) is 0 Å². The molecule has 0 aliphatic carbocycles. The second kappa shape index (κ2) is 5.52. The van der Waals surface area contributed by atoms with Crippen LogP contribution in [0.3, 0.4) is 0 Å². The fraction of sp³-hybridized carbons (Fsp3) is 0.538. The van der Waals surface area contributed by atoms with Gasteiger partial charge in [0.05, 0.1) is 6.04 Å². The molecule has 1 aromatic heterocycles. The summed E-state index contributed by atoms with van der Waals surface area (Å²) in [5.41, 5.74) is 0.0917. The van der Waals surface area contributed by atoms with E-state index in [0.29, 0.717) is 5.56 Å². The van der Waals surface area contributed by atoms with Crippen LogP contribution in [0.5, 0.6) is 0 Å². The van der Waals surface area contributed by atoms with Crippen LogP contribution in [0.25, 0.3) is 0 Å². The van der Waals surface area contributed by atoms with E-state index in [1.807, 2.05) is 12.3 Å². The molecule has 4 nitrogen and oxygen atoms in total. The predicted octanol–water partition coefficient (Wildman–Crippen LogP) is 3.15. The molecule has 1 aromatic rings. The monoisotopic (exact) mass is 269 g/mol. The Morgan fingerprint density at radius 2 is 2.00 bits per heavy atom. The van der Waals surface area contributed by atoms with Gasteiger partial charge >= 0.3 is 6.09 Å². The second-order valence-corrected chi connectivity index (χ2v) is 6.24. The number of nitrogens with one attached hydrogen (secondary N) is 1. The van der Waals surface area contributed by atoms with Crippen molar-refractivity contribution >= 4 is 23.2 Å². The highest BCUT2D eigenvalue weighted by Gasteiger charge is 2.22. The summed E-state index contributed by atoms with van der Waals surface area (Å²) in [5, 5.41) is 4.41. The minimum atomic E-state index is -0.590. The van der Waals surface area contributed by atoms with Crippen LogP contribution < -0.4 is 5.32 Å². The number of carbonyl (C=O) groups excluding carboxylic acids is 2. The molecule has 1 atom stereocenters. The number of Topliss-reactive ketones (excluding diaryl/α,β-unsaturated/α-hetero) is 1. The summed E-state index contributed by atoms with van der Waals surface area (Å²) < 4.78 is 5.11. The SMILES string of the molecule is Cc1sccc1C(=O)[C@H](C)NC(=O)OC(C)(C)C. The molecule has 0 unspecified atom stereocenters. The Bertz CT molecular complexity index is 445. The Labute approximate surface area is 111 Å². The van der Waals surface area contributed by atoms with Crippen molar-refractivity contribution in [1.29, 1.82) is 0 Å². The molecule has 0 spiro atoms. The van der Waals surface area contributed by atoms with Gasteiger partial charge in [-0.3, -0.25) is 4.79 Å². The van der Waals surface area contributed by atoms with Crippen LogP contribution in [-0.4, -0.2) is 23.5 Å². The second-order valence-electron chi connectivity index (χ2n) is 5.12. The molecular weight excluding hydrogens is 250 g/mol. The molecule has 0 saturated heterocycles. The maximum absolute atomic E-state index is 12.1. The van der Waals surface area contributed by atoms with Gasteiger partial charge in [-0.15, -0.1) is 11.3 Å². The molecule has 0 aliphatic heterocycles. The third kappa shape index (κ3) is 4.14. The summed E-state index contributed by atoms with van der Waals surface area (Å²) in [6, 6.07) is 1.18. The lowest BCUT2D eigenvalue weighted by molar-refractivity contribution is 0.0496. The summed E-state index contributed by atoms with van der Waals surface area (Å²) in [4.78, 5) is 24.6. The van der Waals surface area contributed by atoms with E-state index in [0.717, 1.165) is 4.88 Å². The molecular formula is C13H19NO3S. The molecule has 100 valence electrons. The summed E-state index contributed by atoms with van der Waals surface area (Å²) >= 11 is 1.51. The molecule has 0 aliphatic rings. The standard InChI is InChI=1S/C13H19NO3S/c1-8(14-12(16)17-13(3,4)5)11(15)10-6-7-18-9(10)2/h6-8H,1-5H3,(H,14,16)/t8-/m0/s1. The first kappa shape index (κ1) is 14.7. The molecule has 0 bridgehead atoms. The maximum Gasteiger partial charge on any atom is 0.408 e. The number of aryl methyl sites for hydroxylation is 1. The van der Waals surface area contributed by atoms with Gasteiger partial charge in [0.25, 0.3) is 0 Å². The van der Waals surface area contributed by atoms with Gasteiger partial charge in [-0.05, 0) is 46.1 Å². The Balaban J connectivity index is 2.61. The van der Waals surface area contributed by atoms with E-state index in [1.165, 1.54) is 11.3 Å². The van der Waals surface area contributed by atoms with Crippen molar-refractivity contribution < 1.29 is 14.3 Å². The molecule has 0 radical (unpaired) electrons. The number of hydrogen-bond donors (Lipinski definition) is 1. The molecule has 1 heterocycles. The van der Waals surface area contributed by atoms with E-state index < -0.39 is 17.7 Å². The lowest BCUT2D eigenvalue weighted by Crippen LogP contribution is -2.41. The predicted molar refractivity (Wildman–Crippen MR) is 72.2 cm³/mol. The summed E-state index contributed by atoms with van der Waals surface area (Å²) in [5.74, 6) is -0.0976. The molecule has 1 rings (SSSR count). The largest absolute Gasteiger partial charge is 0.444 e. The first-order valence-corrected chi connectivity index (χ1v) is 6.66. The summed E-state index contributed by atoms with van der Waals surface area (Å²) in [6.45, 7) is 8.88. The first-order chi connectivity index (χ1) is 8.20. The van der Waals surface area contributed by atoms with E-state index in [9.17, 15) is 9.59 Å². The minimum Gasteiger partial charge on any atom is -0.444 e. The van der Waals surface area contributed by atoms with Crippen LogP contribution in [0.4, 0.5) is 4.79 Å². The van der Waals surface area contributed by atoms with E-state index in [4.69, 9.17) is 4.74 Å². The van der Waals surface area contributed by atoms with Crippen LogP contribution in [0.2, 0.25) is 0 Å². The van der Waals surface area contributed by atoms with Crippen LogP contribution in [0, 0.1) is 6.92 Å². The van der Waals surface area contributed by atoms with Crippen molar-refractivity contribution in [2.75, 3.05) is 0 Å². The van der Waals surface area contributed by atoms with Crippen molar-refractivity contribution in [2.24, 2.45) is 0 Å². The van der Waals surface area contributed by atoms with Crippen molar-refractivity contribution in [1.82, 2.24) is 5.32 Å². The van der Waals surface area contributed by atoms with Gasteiger partial charge in [0.2, 0.25) is 0 Å². The normalized spacial score (nSPS) is 12.9. The highest BCUT2D eigenvalue weighted by atomic mass is 32.1. The fourth-order valence-corrected chi connectivity index (χ4v) is 2.13. The van der Waals surface area contributed by atoms with Gasteiger partial charge in [0.15, 0.2) is 5.78 Å². The summed E-state index contributed by atoms with van der Waals surface area (Å²) in [6.07, 6.45) is -0.573. The quantitative estimate of drug-likeness (QED) is 0.858. The third-order valence-corrected chi connectivity index (χ3v) is 3.10. The topological polar surface area (TPSA) is 55.4 Å². The third-order valence-electron chi connectivity index (χ3n) is 2.25. The average Bonchev–Trinajstić information content (AvgIpc) is 2.60. The van der Waals surface area contributed by atoms with Crippen LogP contribution in [0.1, 0.15) is 42.9 Å². The van der Waals surface area contributed by atoms with Gasteiger partial charge in [0.1, 0.15) is 5.60 Å². The molecule has 5 heteroatoms. The Hall–Kier alpha value is -1.36. The average molecular weight is 269 g/mol. The molecule has 0 fully saturated rings. The van der Waals surface area contributed by atoms with Gasteiger partial charge < -0.3 is 10.1 Å². The number of ketones is 1. The molecule has 1 amide bonds. The highest BCUT2D eigenvalue weighted by Crippen LogP contribution is 2.17. The highest BCUT2D eigenvalue weighted by molar-refractivity contribution is 7.10. The van der Waals surface area contributed by atoms with Crippen LogP contribution in [-0.2, 0) is 4.74 Å². The Kier molecular flexibility index (Phi) is 4.51. The van der Waals surface area contributed by atoms with E-state index in [-0.39, 0.29) is 5.78 Å². The zero-order chi connectivity index (χ0) is 13.9. The van der Waals surface area contributed by atoms with Gasteiger partial charge in [-0.1, -0.05) is 0 Å². The molecule has 0 saturated carbocycles. The molecule has 0 aromatic carbocycles. The van der Waals surface area contributed by atoms with E-state index in [1.54, 1.807) is 33.8 Å². The zero-order valence-corrected chi connectivity index (χ0v) is 12.2. The minimum absolute atomic E-state index is 0.0976. The first-order valence-electron chi connectivity index (χ1n) is 5.78. The van der Waals surface area contributed by atoms with Gasteiger partial charge in [-0.25, -0.2) is 4.79 Å². The smallest absolute Gasteiger partial charge is 0.408 e. The van der Waals surface area contributed by atoms with Crippen molar-refractivity contribution in [3.05, 3.63) is 21.9 Å². The maximum atomic E-state index is 12.1. The van der Waals surface area contributed by atoms with E-state index in [2.05, 4.69) is 5.32 Å². The van der Waals surface area contributed by atoms with Crippen molar-refractivity contribution in [2.45, 2.75) is 46.3 Å². The Morgan fingerprint density at radius 3 is 2.44 bits per heavy atom. The van der Waals surface area contributed by atoms with Gasteiger partial charge in [0, 0.05) is 10.4 Å². The number of rotatable bonds is 3. The van der Waals surface area contributed by atoms with Gasteiger partial charge in [-0.2, -0.15) is 0 Å². The summed E-state index contributed by atoms with van der Waals surface area (Å²) in [7, 11) is 0. The van der Waals surface area contributed by atoms with E-state index >= 15 is 0 Å². The number of amides is 1. The molecule has 1 N–H and O–H groups in total. The zero-order valence-electron chi connectivity index (χ0n) is 11.4. The van der Waals surface area contributed by atoms with Crippen molar-refractivity contribution in [3.8, 4) is 0 Å². The number of alkyl carbamates (subject to hydrolysis) is 1. The lowest BCUT2D eigenvalue weighted by atomic mass is 10.1. The molecule has 18 heavy (non-hydrogen) atoms.